The Morgan fingerprint density at radius 1 is 0.688 bits per heavy atom. The first-order valence-electron chi connectivity index (χ1n) is 12.5. The molecule has 4 heteroatoms. The van der Waals surface area contributed by atoms with Gasteiger partial charge in [0.1, 0.15) is 24.7 Å². The second kappa shape index (κ2) is 17.1. The molecular formula is C28H41NO3. The lowest BCUT2D eigenvalue weighted by Gasteiger charge is -2.13. The van der Waals surface area contributed by atoms with Crippen molar-refractivity contribution in [1.82, 2.24) is 0 Å². The van der Waals surface area contributed by atoms with Crippen molar-refractivity contribution in [1.29, 1.82) is 0 Å². The maximum atomic E-state index is 12.3. The number of ether oxygens (including phenoxy) is 2. The van der Waals surface area contributed by atoms with Gasteiger partial charge in [-0.3, -0.25) is 4.79 Å². The highest BCUT2D eigenvalue weighted by molar-refractivity contribution is 5.92. The second-order valence-electron chi connectivity index (χ2n) is 8.34. The highest BCUT2D eigenvalue weighted by Crippen LogP contribution is 2.24. The Morgan fingerprint density at radius 2 is 1.25 bits per heavy atom. The van der Waals surface area contributed by atoms with Gasteiger partial charge in [-0.05, 0) is 30.7 Å². The predicted octanol–water partition coefficient (Wildman–Crippen LogP) is 7.78. The molecule has 1 N–H and O–H groups in total. The lowest BCUT2D eigenvalue weighted by Crippen LogP contribution is -2.14. The quantitative estimate of drug-likeness (QED) is 0.241. The van der Waals surface area contributed by atoms with E-state index in [0.29, 0.717) is 25.4 Å². The minimum atomic E-state index is 0.0532. The van der Waals surface area contributed by atoms with E-state index < -0.39 is 0 Å². The van der Waals surface area contributed by atoms with Crippen LogP contribution in [0.25, 0.3) is 0 Å². The van der Waals surface area contributed by atoms with Gasteiger partial charge < -0.3 is 14.8 Å². The molecule has 0 aliphatic rings. The maximum Gasteiger partial charge on any atom is 0.224 e. The molecule has 176 valence electrons. The summed E-state index contributed by atoms with van der Waals surface area (Å²) in [5, 5.41) is 3.00. The zero-order chi connectivity index (χ0) is 22.7. The number of unbranched alkanes of at least 4 members (excludes halogenated alkanes) is 10. The van der Waals surface area contributed by atoms with Gasteiger partial charge in [0.15, 0.2) is 0 Å². The number of hydrogen-bond donors (Lipinski definition) is 1. The van der Waals surface area contributed by atoms with Crippen LogP contribution in [0.3, 0.4) is 0 Å². The van der Waals surface area contributed by atoms with Crippen molar-refractivity contribution in [2.24, 2.45) is 0 Å². The van der Waals surface area contributed by atoms with Crippen LogP contribution in [0.1, 0.15) is 84.0 Å². The van der Waals surface area contributed by atoms with Crippen LogP contribution in [0.15, 0.2) is 54.6 Å². The largest absolute Gasteiger partial charge is 0.490 e. The molecule has 4 nitrogen and oxygen atoms in total. The van der Waals surface area contributed by atoms with E-state index >= 15 is 0 Å². The van der Waals surface area contributed by atoms with Gasteiger partial charge in [0.2, 0.25) is 5.91 Å². The smallest absolute Gasteiger partial charge is 0.224 e. The highest BCUT2D eigenvalue weighted by atomic mass is 16.5. The topological polar surface area (TPSA) is 47.6 Å². The SMILES string of the molecule is CCCCCCCCCCCCCC(=O)Nc1ccccc1OCCOc1ccccc1. The van der Waals surface area contributed by atoms with Crippen LogP contribution >= 0.6 is 0 Å². The number of carbonyl (C=O) groups is 1. The number of hydrogen-bond acceptors (Lipinski definition) is 3. The first kappa shape index (κ1) is 25.8. The summed E-state index contributed by atoms with van der Waals surface area (Å²) in [6.07, 6.45) is 14.7. The Hall–Kier alpha value is -2.49. The molecule has 2 rings (SSSR count). The first-order chi connectivity index (χ1) is 15.8. The Morgan fingerprint density at radius 3 is 1.94 bits per heavy atom. The van der Waals surface area contributed by atoms with E-state index in [2.05, 4.69) is 12.2 Å². The van der Waals surface area contributed by atoms with Crippen molar-refractivity contribution in [3.63, 3.8) is 0 Å². The maximum absolute atomic E-state index is 12.3. The summed E-state index contributed by atoms with van der Waals surface area (Å²) in [7, 11) is 0. The molecule has 0 radical (unpaired) electrons. The zero-order valence-corrected chi connectivity index (χ0v) is 19.8. The van der Waals surface area contributed by atoms with E-state index in [9.17, 15) is 4.79 Å². The van der Waals surface area contributed by atoms with Crippen molar-refractivity contribution in [3.8, 4) is 11.5 Å². The third-order valence-electron chi connectivity index (χ3n) is 5.52. The van der Waals surface area contributed by atoms with Crippen LogP contribution in [0.4, 0.5) is 5.69 Å². The van der Waals surface area contributed by atoms with Gasteiger partial charge in [0.25, 0.3) is 0 Å². The Kier molecular flexibility index (Phi) is 13.8. The minimum absolute atomic E-state index is 0.0532. The average molecular weight is 440 g/mol. The molecule has 0 aliphatic heterocycles. The number of carbonyl (C=O) groups excluding carboxylic acids is 1. The van der Waals surface area contributed by atoms with Crippen molar-refractivity contribution < 1.29 is 14.3 Å². The van der Waals surface area contributed by atoms with Crippen molar-refractivity contribution in [3.05, 3.63) is 54.6 Å². The van der Waals surface area contributed by atoms with E-state index in [0.717, 1.165) is 24.3 Å². The third-order valence-corrected chi connectivity index (χ3v) is 5.52. The molecule has 2 aromatic rings. The molecule has 1 amide bonds. The fourth-order valence-corrected chi connectivity index (χ4v) is 3.69. The van der Waals surface area contributed by atoms with Gasteiger partial charge >= 0.3 is 0 Å². The monoisotopic (exact) mass is 439 g/mol. The molecule has 0 aromatic heterocycles. The summed E-state index contributed by atoms with van der Waals surface area (Å²) in [5.74, 6) is 1.55. The van der Waals surface area contributed by atoms with Crippen LogP contribution < -0.4 is 14.8 Å². The van der Waals surface area contributed by atoms with E-state index in [1.807, 2.05) is 54.6 Å². The van der Waals surface area contributed by atoms with Gasteiger partial charge in [-0.25, -0.2) is 0 Å². The molecule has 0 heterocycles. The zero-order valence-electron chi connectivity index (χ0n) is 19.8. The number of nitrogens with one attached hydrogen (secondary N) is 1. The molecule has 0 bridgehead atoms. The second-order valence-corrected chi connectivity index (χ2v) is 8.34. The molecule has 32 heavy (non-hydrogen) atoms. The van der Waals surface area contributed by atoms with Crippen LogP contribution in [-0.2, 0) is 4.79 Å². The fourth-order valence-electron chi connectivity index (χ4n) is 3.69. The summed E-state index contributed by atoms with van der Waals surface area (Å²) in [4.78, 5) is 12.3. The van der Waals surface area contributed by atoms with Gasteiger partial charge in [-0.2, -0.15) is 0 Å². The van der Waals surface area contributed by atoms with Crippen LogP contribution in [0.2, 0.25) is 0 Å². The molecular weight excluding hydrogens is 398 g/mol. The van der Waals surface area contributed by atoms with Crippen LogP contribution in [-0.4, -0.2) is 19.1 Å². The molecule has 0 atom stereocenters. The Labute approximate surface area is 194 Å². The van der Waals surface area contributed by atoms with E-state index in [-0.39, 0.29) is 5.91 Å². The molecule has 0 unspecified atom stereocenters. The fraction of sp³-hybridized carbons (Fsp3) is 0.536. The van der Waals surface area contributed by atoms with Gasteiger partial charge in [0.05, 0.1) is 5.69 Å². The van der Waals surface area contributed by atoms with Crippen molar-refractivity contribution in [2.45, 2.75) is 84.0 Å². The van der Waals surface area contributed by atoms with Gasteiger partial charge in [0, 0.05) is 6.42 Å². The lowest BCUT2D eigenvalue weighted by molar-refractivity contribution is -0.116. The summed E-state index contributed by atoms with van der Waals surface area (Å²) in [6.45, 7) is 3.13. The molecule has 0 spiro atoms. The molecule has 0 fully saturated rings. The van der Waals surface area contributed by atoms with E-state index in [4.69, 9.17) is 9.47 Å². The van der Waals surface area contributed by atoms with E-state index in [1.54, 1.807) is 0 Å². The molecule has 2 aromatic carbocycles. The number of rotatable bonds is 18. The lowest BCUT2D eigenvalue weighted by atomic mass is 10.1. The van der Waals surface area contributed by atoms with E-state index in [1.165, 1.54) is 57.8 Å². The average Bonchev–Trinajstić information content (AvgIpc) is 2.82. The van der Waals surface area contributed by atoms with Gasteiger partial charge in [-0.1, -0.05) is 101 Å². The number of amides is 1. The molecule has 0 aliphatic carbocycles. The first-order valence-corrected chi connectivity index (χ1v) is 12.5. The molecule has 0 saturated heterocycles. The number of benzene rings is 2. The Balaban J connectivity index is 1.55. The van der Waals surface area contributed by atoms with Crippen LogP contribution in [0.5, 0.6) is 11.5 Å². The minimum Gasteiger partial charge on any atom is -0.490 e. The summed E-state index contributed by atoms with van der Waals surface area (Å²) in [6, 6.07) is 17.3. The number of para-hydroxylation sites is 3. The number of anilines is 1. The van der Waals surface area contributed by atoms with Gasteiger partial charge in [-0.15, -0.1) is 0 Å². The standard InChI is InChI=1S/C28H41NO3/c1-2-3-4-5-6-7-8-9-10-11-15-22-28(30)29-26-20-16-17-21-27(26)32-24-23-31-25-18-13-12-14-19-25/h12-14,16-21H,2-11,15,22-24H2,1H3,(H,29,30). The van der Waals surface area contributed by atoms with Crippen molar-refractivity contribution in [2.75, 3.05) is 18.5 Å². The predicted molar refractivity (Wildman–Crippen MR) is 134 cm³/mol. The summed E-state index contributed by atoms with van der Waals surface area (Å²) < 4.78 is 11.5. The normalized spacial score (nSPS) is 10.7. The van der Waals surface area contributed by atoms with Crippen LogP contribution in [0, 0.1) is 0 Å². The van der Waals surface area contributed by atoms with Crippen molar-refractivity contribution >= 4 is 11.6 Å². The highest BCUT2D eigenvalue weighted by Gasteiger charge is 2.07. The summed E-state index contributed by atoms with van der Waals surface area (Å²) in [5.41, 5.74) is 0.722. The third kappa shape index (κ3) is 11.8. The molecule has 0 saturated carbocycles. The summed E-state index contributed by atoms with van der Waals surface area (Å²) >= 11 is 0. The Bertz CT molecular complexity index is 732.